The van der Waals surface area contributed by atoms with Gasteiger partial charge < -0.3 is 10.7 Å². The summed E-state index contributed by atoms with van der Waals surface area (Å²) in [4.78, 5) is 5.71. The fourth-order valence-corrected chi connectivity index (χ4v) is 2.43. The molecule has 0 aromatic carbocycles. The topological polar surface area (TPSA) is 45.0 Å². The first-order chi connectivity index (χ1) is 6.79. The Kier molecular flexibility index (Phi) is 3.26. The molecule has 4 heteroatoms. The van der Waals surface area contributed by atoms with E-state index in [1.807, 2.05) is 0 Å². The molecule has 1 fully saturated rings. The number of nitrogens with two attached hydrogens (primary N) is 1. The van der Waals surface area contributed by atoms with Gasteiger partial charge in [0.25, 0.3) is 0 Å². The molecule has 1 aromatic heterocycles. The molecule has 0 aliphatic carbocycles. The predicted octanol–water partition coefficient (Wildman–Crippen LogP) is 1.83. The lowest BCUT2D eigenvalue weighted by molar-refractivity contribution is 0.331. The van der Waals surface area contributed by atoms with E-state index in [-0.39, 0.29) is 0 Å². The van der Waals surface area contributed by atoms with Crippen LogP contribution in [0.4, 0.5) is 0 Å². The van der Waals surface area contributed by atoms with E-state index in [1.165, 1.54) is 31.5 Å². The number of nitrogens with zero attached hydrogens (tertiary/aromatic N) is 1. The van der Waals surface area contributed by atoms with Gasteiger partial charge in [0.05, 0.1) is 4.60 Å². The van der Waals surface area contributed by atoms with E-state index < -0.39 is 0 Å². The summed E-state index contributed by atoms with van der Waals surface area (Å²) in [6, 6.07) is 2.16. The number of aromatic nitrogens is 1. The van der Waals surface area contributed by atoms with Crippen LogP contribution in [0.15, 0.2) is 10.7 Å². The lowest BCUT2D eigenvalue weighted by atomic mass is 10.3. The van der Waals surface area contributed by atoms with Gasteiger partial charge in [-0.1, -0.05) is 0 Å². The summed E-state index contributed by atoms with van der Waals surface area (Å²) in [5, 5.41) is 0. The zero-order chi connectivity index (χ0) is 9.97. The van der Waals surface area contributed by atoms with Crippen molar-refractivity contribution in [3.05, 3.63) is 21.9 Å². The Hall–Kier alpha value is -0.320. The molecule has 0 atom stereocenters. The number of nitrogens with one attached hydrogen (secondary N) is 1. The molecule has 1 aromatic rings. The Morgan fingerprint density at radius 3 is 2.71 bits per heavy atom. The number of hydrogen-bond donors (Lipinski definition) is 2. The van der Waals surface area contributed by atoms with Crippen molar-refractivity contribution in [2.24, 2.45) is 5.73 Å². The summed E-state index contributed by atoms with van der Waals surface area (Å²) in [6.07, 6.45) is 2.68. The monoisotopic (exact) mass is 257 g/mol. The molecule has 1 saturated heterocycles. The minimum absolute atomic E-state index is 0.582. The van der Waals surface area contributed by atoms with Crippen molar-refractivity contribution in [3.63, 3.8) is 0 Å². The lowest BCUT2D eigenvalue weighted by Gasteiger charge is -2.13. The van der Waals surface area contributed by atoms with E-state index in [4.69, 9.17) is 5.73 Å². The third kappa shape index (κ3) is 2.19. The van der Waals surface area contributed by atoms with Crippen LogP contribution in [0.25, 0.3) is 0 Å². The van der Waals surface area contributed by atoms with Gasteiger partial charge >= 0.3 is 0 Å². The Morgan fingerprint density at radius 1 is 1.43 bits per heavy atom. The fourth-order valence-electron chi connectivity index (χ4n) is 1.94. The molecular formula is C10H16BrN3. The standard InChI is InChI=1S/C10H16BrN3/c11-10-8(5-9(6-12)13-10)7-14-3-1-2-4-14/h5,13H,1-4,6-7,12H2. The smallest absolute Gasteiger partial charge is 0.0868 e. The van der Waals surface area contributed by atoms with E-state index in [9.17, 15) is 0 Å². The van der Waals surface area contributed by atoms with Gasteiger partial charge in [0.1, 0.15) is 0 Å². The Balaban J connectivity index is 2.03. The second kappa shape index (κ2) is 4.47. The normalized spacial score (nSPS) is 17.9. The first kappa shape index (κ1) is 10.2. The van der Waals surface area contributed by atoms with E-state index in [0.29, 0.717) is 6.54 Å². The molecule has 0 saturated carbocycles. The molecule has 0 unspecified atom stereocenters. The molecule has 2 rings (SSSR count). The van der Waals surface area contributed by atoms with Gasteiger partial charge in [0.2, 0.25) is 0 Å². The predicted molar refractivity (Wildman–Crippen MR) is 60.9 cm³/mol. The van der Waals surface area contributed by atoms with Crippen molar-refractivity contribution < 1.29 is 0 Å². The van der Waals surface area contributed by atoms with Gasteiger partial charge in [-0.3, -0.25) is 4.90 Å². The lowest BCUT2D eigenvalue weighted by Crippen LogP contribution is -2.18. The molecule has 3 nitrogen and oxygen atoms in total. The molecule has 78 valence electrons. The van der Waals surface area contributed by atoms with Crippen molar-refractivity contribution in [2.75, 3.05) is 13.1 Å². The van der Waals surface area contributed by atoms with E-state index in [0.717, 1.165) is 16.8 Å². The maximum absolute atomic E-state index is 5.57. The minimum atomic E-state index is 0.582. The third-order valence-corrected chi connectivity index (χ3v) is 3.42. The highest BCUT2D eigenvalue weighted by Crippen LogP contribution is 2.21. The van der Waals surface area contributed by atoms with Crippen molar-refractivity contribution >= 4 is 15.9 Å². The van der Waals surface area contributed by atoms with Crippen molar-refractivity contribution in [1.82, 2.24) is 9.88 Å². The van der Waals surface area contributed by atoms with Gasteiger partial charge in [0, 0.05) is 18.8 Å². The molecule has 0 spiro atoms. The van der Waals surface area contributed by atoms with E-state index in [2.05, 4.69) is 31.9 Å². The molecule has 0 radical (unpaired) electrons. The van der Waals surface area contributed by atoms with Gasteiger partial charge in [-0.25, -0.2) is 0 Å². The van der Waals surface area contributed by atoms with Crippen LogP contribution in [0.2, 0.25) is 0 Å². The summed E-state index contributed by atoms with van der Waals surface area (Å²) >= 11 is 3.53. The van der Waals surface area contributed by atoms with Crippen LogP contribution in [0, 0.1) is 0 Å². The fraction of sp³-hybridized carbons (Fsp3) is 0.600. The van der Waals surface area contributed by atoms with Gasteiger partial charge in [-0.2, -0.15) is 0 Å². The van der Waals surface area contributed by atoms with Gasteiger partial charge in [-0.15, -0.1) is 0 Å². The molecule has 3 N–H and O–H groups in total. The summed E-state index contributed by atoms with van der Waals surface area (Å²) in [6.45, 7) is 4.08. The maximum atomic E-state index is 5.57. The van der Waals surface area contributed by atoms with Crippen LogP contribution in [-0.2, 0) is 13.1 Å². The number of aromatic amines is 1. The second-order valence-corrected chi connectivity index (χ2v) is 4.61. The van der Waals surface area contributed by atoms with Crippen LogP contribution >= 0.6 is 15.9 Å². The Morgan fingerprint density at radius 2 is 2.14 bits per heavy atom. The Bertz CT molecular complexity index is 302. The number of likely N-dealkylation sites (tertiary alicyclic amines) is 1. The summed E-state index contributed by atoms with van der Waals surface area (Å²) in [5.74, 6) is 0. The first-order valence-corrected chi connectivity index (χ1v) is 5.87. The largest absolute Gasteiger partial charge is 0.352 e. The highest BCUT2D eigenvalue weighted by molar-refractivity contribution is 9.10. The van der Waals surface area contributed by atoms with Crippen LogP contribution in [-0.4, -0.2) is 23.0 Å². The number of hydrogen-bond acceptors (Lipinski definition) is 2. The van der Waals surface area contributed by atoms with Gasteiger partial charge in [-0.05, 0) is 53.5 Å². The van der Waals surface area contributed by atoms with Crippen LogP contribution in [0.5, 0.6) is 0 Å². The number of halogens is 1. The summed E-state index contributed by atoms with van der Waals surface area (Å²) in [5.41, 5.74) is 8.00. The molecule has 1 aliphatic heterocycles. The zero-order valence-electron chi connectivity index (χ0n) is 8.22. The Labute approximate surface area is 92.8 Å². The molecular weight excluding hydrogens is 242 g/mol. The molecule has 1 aliphatic rings. The van der Waals surface area contributed by atoms with E-state index in [1.54, 1.807) is 0 Å². The first-order valence-electron chi connectivity index (χ1n) is 5.08. The molecule has 0 amide bonds. The maximum Gasteiger partial charge on any atom is 0.0868 e. The SMILES string of the molecule is NCc1cc(CN2CCCC2)c(Br)[nH]1. The highest BCUT2D eigenvalue weighted by Gasteiger charge is 2.14. The van der Waals surface area contributed by atoms with Crippen LogP contribution < -0.4 is 5.73 Å². The highest BCUT2D eigenvalue weighted by atomic mass is 79.9. The minimum Gasteiger partial charge on any atom is -0.352 e. The van der Waals surface area contributed by atoms with Crippen molar-refractivity contribution in [2.45, 2.75) is 25.9 Å². The molecule has 14 heavy (non-hydrogen) atoms. The summed E-state index contributed by atoms with van der Waals surface area (Å²) < 4.78 is 1.09. The van der Waals surface area contributed by atoms with Gasteiger partial charge in [0.15, 0.2) is 0 Å². The van der Waals surface area contributed by atoms with Crippen LogP contribution in [0.1, 0.15) is 24.1 Å². The average Bonchev–Trinajstić information content (AvgIpc) is 2.78. The average molecular weight is 258 g/mol. The van der Waals surface area contributed by atoms with E-state index >= 15 is 0 Å². The third-order valence-electron chi connectivity index (χ3n) is 2.71. The number of rotatable bonds is 3. The number of H-pyrrole nitrogens is 1. The molecule has 0 bridgehead atoms. The quantitative estimate of drug-likeness (QED) is 0.868. The zero-order valence-corrected chi connectivity index (χ0v) is 9.81. The second-order valence-electron chi connectivity index (χ2n) is 3.82. The summed E-state index contributed by atoms with van der Waals surface area (Å²) in [7, 11) is 0. The van der Waals surface area contributed by atoms with Crippen molar-refractivity contribution in [1.29, 1.82) is 0 Å². The van der Waals surface area contributed by atoms with Crippen LogP contribution in [0.3, 0.4) is 0 Å². The van der Waals surface area contributed by atoms with Crippen molar-refractivity contribution in [3.8, 4) is 0 Å². The molecule has 2 heterocycles.